The Labute approximate surface area is 197 Å². The molecule has 2 aromatic carbocycles. The lowest BCUT2D eigenvalue weighted by molar-refractivity contribution is 0.0486. The Hall–Kier alpha value is -3.59. The van der Waals surface area contributed by atoms with Gasteiger partial charge in [0.15, 0.2) is 23.0 Å². The van der Waals surface area contributed by atoms with Gasteiger partial charge in [-0.05, 0) is 36.6 Å². The summed E-state index contributed by atoms with van der Waals surface area (Å²) in [5, 5.41) is 3.87. The summed E-state index contributed by atoms with van der Waals surface area (Å²) >= 11 is 0. The molecule has 0 bridgehead atoms. The van der Waals surface area contributed by atoms with E-state index in [0.29, 0.717) is 48.2 Å². The number of rotatable bonds is 7. The van der Waals surface area contributed by atoms with Gasteiger partial charge >= 0.3 is 0 Å². The highest BCUT2D eigenvalue weighted by Gasteiger charge is 2.36. The summed E-state index contributed by atoms with van der Waals surface area (Å²) in [5.41, 5.74) is 1.89. The summed E-state index contributed by atoms with van der Waals surface area (Å²) < 4.78 is 33.1. The predicted molar refractivity (Wildman–Crippen MR) is 125 cm³/mol. The molecule has 2 aliphatic heterocycles. The summed E-state index contributed by atoms with van der Waals surface area (Å²) in [7, 11) is 4.70. The molecule has 1 aromatic heterocycles. The van der Waals surface area contributed by atoms with Gasteiger partial charge < -0.3 is 38.7 Å². The molecule has 1 fully saturated rings. The summed E-state index contributed by atoms with van der Waals surface area (Å²) in [6.07, 6.45) is 1.58. The first-order valence-corrected chi connectivity index (χ1v) is 11.2. The van der Waals surface area contributed by atoms with Crippen LogP contribution in [0.1, 0.15) is 28.9 Å². The van der Waals surface area contributed by atoms with Gasteiger partial charge in [0.1, 0.15) is 11.4 Å². The van der Waals surface area contributed by atoms with Gasteiger partial charge in [0.05, 0.1) is 26.8 Å². The third-order valence-electron chi connectivity index (χ3n) is 6.71. The first kappa shape index (κ1) is 22.2. The summed E-state index contributed by atoms with van der Waals surface area (Å²) in [4.78, 5) is 16.4. The van der Waals surface area contributed by atoms with Crippen LogP contribution in [0, 0.1) is 0 Å². The van der Waals surface area contributed by atoms with E-state index < -0.39 is 0 Å². The van der Waals surface area contributed by atoms with Crippen molar-refractivity contribution in [1.29, 1.82) is 0 Å². The van der Waals surface area contributed by atoms with Crippen LogP contribution < -0.4 is 29.0 Å². The van der Waals surface area contributed by atoms with E-state index >= 15 is 0 Å². The second kappa shape index (κ2) is 8.98. The Morgan fingerprint density at radius 3 is 2.50 bits per heavy atom. The van der Waals surface area contributed by atoms with Crippen molar-refractivity contribution in [3.05, 3.63) is 41.6 Å². The SMILES string of the molecule is COc1cc(OC)c2cc(C(=O)NCC3(c4ccc5c(c4)OCO5)CCOCC3)[nH]c2c1OC. The highest BCUT2D eigenvalue weighted by molar-refractivity contribution is 6.02. The quantitative estimate of drug-likeness (QED) is 0.548. The maximum atomic E-state index is 13.2. The van der Waals surface area contributed by atoms with Crippen molar-refractivity contribution in [2.24, 2.45) is 0 Å². The third-order valence-corrected chi connectivity index (χ3v) is 6.71. The van der Waals surface area contributed by atoms with Crippen LogP contribution in [-0.4, -0.2) is 58.8 Å². The fraction of sp³-hybridized carbons (Fsp3) is 0.400. The number of carbonyl (C=O) groups excluding carboxylic acids is 1. The van der Waals surface area contributed by atoms with Crippen LogP contribution in [0.4, 0.5) is 0 Å². The minimum absolute atomic E-state index is 0.217. The van der Waals surface area contributed by atoms with E-state index in [2.05, 4.69) is 16.4 Å². The van der Waals surface area contributed by atoms with Crippen molar-refractivity contribution in [3.8, 4) is 28.7 Å². The fourth-order valence-electron chi connectivity index (χ4n) is 4.76. The van der Waals surface area contributed by atoms with Crippen molar-refractivity contribution in [1.82, 2.24) is 10.3 Å². The van der Waals surface area contributed by atoms with Crippen LogP contribution in [0.25, 0.3) is 10.9 Å². The maximum absolute atomic E-state index is 13.2. The van der Waals surface area contributed by atoms with Crippen molar-refractivity contribution in [2.45, 2.75) is 18.3 Å². The van der Waals surface area contributed by atoms with E-state index in [4.69, 9.17) is 28.4 Å². The number of methoxy groups -OCH3 is 3. The zero-order valence-electron chi connectivity index (χ0n) is 19.5. The molecular formula is C25H28N2O7. The molecular weight excluding hydrogens is 440 g/mol. The lowest BCUT2D eigenvalue weighted by Crippen LogP contribution is -2.44. The largest absolute Gasteiger partial charge is 0.496 e. The van der Waals surface area contributed by atoms with Crippen molar-refractivity contribution < 1.29 is 33.2 Å². The van der Waals surface area contributed by atoms with Gasteiger partial charge in [0.25, 0.3) is 5.91 Å². The number of amides is 1. The van der Waals surface area contributed by atoms with Crippen molar-refractivity contribution in [2.75, 3.05) is 47.9 Å². The Balaban J connectivity index is 1.43. The summed E-state index contributed by atoms with van der Waals surface area (Å²) in [6, 6.07) is 9.51. The molecule has 34 heavy (non-hydrogen) atoms. The molecule has 9 heteroatoms. The van der Waals surface area contributed by atoms with Gasteiger partial charge in [-0.1, -0.05) is 6.07 Å². The minimum Gasteiger partial charge on any atom is -0.496 e. The number of aromatic nitrogens is 1. The zero-order chi connectivity index (χ0) is 23.7. The minimum atomic E-state index is -0.264. The van der Waals surface area contributed by atoms with E-state index in [1.165, 1.54) is 0 Å². The molecule has 0 aliphatic carbocycles. The fourth-order valence-corrected chi connectivity index (χ4v) is 4.76. The van der Waals surface area contributed by atoms with E-state index in [1.807, 2.05) is 12.1 Å². The number of carbonyl (C=O) groups is 1. The number of ether oxygens (including phenoxy) is 6. The number of aromatic amines is 1. The summed E-state index contributed by atoms with van der Waals surface area (Å²) in [6.45, 7) is 1.95. The van der Waals surface area contributed by atoms with Crippen molar-refractivity contribution in [3.63, 3.8) is 0 Å². The Morgan fingerprint density at radius 2 is 1.76 bits per heavy atom. The lowest BCUT2D eigenvalue weighted by atomic mass is 9.74. The molecule has 180 valence electrons. The van der Waals surface area contributed by atoms with Crippen LogP contribution in [0.5, 0.6) is 28.7 Å². The molecule has 9 nitrogen and oxygen atoms in total. The first-order chi connectivity index (χ1) is 16.6. The average molecular weight is 469 g/mol. The van der Waals surface area contributed by atoms with Gasteiger partial charge in [0.2, 0.25) is 6.79 Å². The molecule has 1 amide bonds. The van der Waals surface area contributed by atoms with Crippen LogP contribution in [0.15, 0.2) is 30.3 Å². The number of H-pyrrole nitrogens is 1. The third kappa shape index (κ3) is 3.75. The molecule has 2 aliphatic rings. The second-order valence-corrected chi connectivity index (χ2v) is 8.43. The predicted octanol–water partition coefficient (Wildman–Crippen LogP) is 3.40. The average Bonchev–Trinajstić information content (AvgIpc) is 3.54. The number of hydrogen-bond donors (Lipinski definition) is 2. The normalized spacial score (nSPS) is 16.3. The topological polar surface area (TPSA) is 100 Å². The zero-order valence-corrected chi connectivity index (χ0v) is 19.5. The monoisotopic (exact) mass is 468 g/mol. The van der Waals surface area contributed by atoms with Gasteiger partial charge in [-0.15, -0.1) is 0 Å². The van der Waals surface area contributed by atoms with Gasteiger partial charge in [0, 0.05) is 36.6 Å². The maximum Gasteiger partial charge on any atom is 0.267 e. The number of benzene rings is 2. The Kier molecular flexibility index (Phi) is 5.87. The van der Waals surface area contributed by atoms with E-state index in [1.54, 1.807) is 33.5 Å². The van der Waals surface area contributed by atoms with Crippen LogP contribution >= 0.6 is 0 Å². The van der Waals surface area contributed by atoms with E-state index in [9.17, 15) is 4.79 Å². The molecule has 3 heterocycles. The van der Waals surface area contributed by atoms with Crippen molar-refractivity contribution >= 4 is 16.8 Å². The molecule has 0 unspecified atom stereocenters. The molecule has 2 N–H and O–H groups in total. The number of nitrogens with one attached hydrogen (secondary N) is 2. The number of fused-ring (bicyclic) bond motifs is 2. The second-order valence-electron chi connectivity index (χ2n) is 8.43. The van der Waals surface area contributed by atoms with E-state index in [0.717, 1.165) is 35.3 Å². The molecule has 0 spiro atoms. The first-order valence-electron chi connectivity index (χ1n) is 11.2. The Bertz CT molecular complexity index is 1210. The molecule has 3 aromatic rings. The highest BCUT2D eigenvalue weighted by atomic mass is 16.7. The molecule has 0 radical (unpaired) electrons. The number of hydrogen-bond acceptors (Lipinski definition) is 7. The molecule has 0 saturated carbocycles. The van der Waals surface area contributed by atoms with Gasteiger partial charge in [-0.25, -0.2) is 0 Å². The molecule has 5 rings (SSSR count). The highest BCUT2D eigenvalue weighted by Crippen LogP contribution is 2.42. The van der Waals surface area contributed by atoms with Gasteiger partial charge in [-0.2, -0.15) is 0 Å². The lowest BCUT2D eigenvalue weighted by Gasteiger charge is -2.38. The molecule has 1 saturated heterocycles. The van der Waals surface area contributed by atoms with Crippen LogP contribution in [0.3, 0.4) is 0 Å². The van der Waals surface area contributed by atoms with Gasteiger partial charge in [-0.3, -0.25) is 4.79 Å². The molecule has 0 atom stereocenters. The summed E-state index contributed by atoms with van der Waals surface area (Å²) in [5.74, 6) is 2.88. The smallest absolute Gasteiger partial charge is 0.267 e. The van der Waals surface area contributed by atoms with E-state index in [-0.39, 0.29) is 18.1 Å². The van der Waals surface area contributed by atoms with Crippen LogP contribution in [-0.2, 0) is 10.2 Å². The standard InChI is InChI=1S/C25H28N2O7/c1-29-19-12-21(30-2)23(31-3)22-16(19)11-17(27-22)24(28)26-13-25(6-8-32-9-7-25)15-4-5-18-20(10-15)34-14-33-18/h4-5,10-12,27H,6-9,13-14H2,1-3H3,(H,26,28). The Morgan fingerprint density at radius 1 is 1.00 bits per heavy atom. The van der Waals surface area contributed by atoms with Crippen LogP contribution in [0.2, 0.25) is 0 Å².